The van der Waals surface area contributed by atoms with E-state index in [2.05, 4.69) is 4.74 Å². The molecule has 0 unspecified atom stereocenters. The van der Waals surface area contributed by atoms with Crippen LogP contribution >= 0.6 is 0 Å². The first-order valence-electron chi connectivity index (χ1n) is 10.0. The number of ether oxygens (including phenoxy) is 1. The molecule has 254 valence electrons. The molecule has 0 saturated carbocycles. The Morgan fingerprint density at radius 1 is 0.429 bits per heavy atom. The van der Waals surface area contributed by atoms with E-state index < -0.39 is 91.0 Å². The Hall–Kier alpha value is -1.72. The zero-order valence-electron chi connectivity index (χ0n) is 19.4. The fourth-order valence-corrected chi connectivity index (χ4v) is 2.65. The van der Waals surface area contributed by atoms with Crippen LogP contribution < -0.4 is 0 Å². The van der Waals surface area contributed by atoms with E-state index in [0.29, 0.717) is 0 Å². The molecule has 0 aliphatic heterocycles. The zero-order valence-corrected chi connectivity index (χ0v) is 19.4. The lowest BCUT2D eigenvalue weighted by Gasteiger charge is -2.45. The third kappa shape index (κ3) is 5.19. The molecular formula is C17H12F24O. The molecule has 0 N–H and O–H groups in total. The summed E-state index contributed by atoms with van der Waals surface area (Å²) in [6.07, 6.45) is -10.5. The van der Waals surface area contributed by atoms with E-state index in [-0.39, 0.29) is 6.61 Å². The maximum atomic E-state index is 13.7. The topological polar surface area (TPSA) is 9.23 Å². The second-order valence-electron chi connectivity index (χ2n) is 8.10. The molecule has 0 radical (unpaired) electrons. The van der Waals surface area contributed by atoms with Crippen molar-refractivity contribution < 1.29 is 110 Å². The van der Waals surface area contributed by atoms with Crippen molar-refractivity contribution in [3.05, 3.63) is 0 Å². The fraction of sp³-hybridized carbons (Fsp3) is 1.00. The number of hydrogen-bond acceptors (Lipinski definition) is 1. The molecule has 0 atom stereocenters. The van der Waals surface area contributed by atoms with Crippen LogP contribution in [0.5, 0.6) is 0 Å². The first-order chi connectivity index (χ1) is 18.0. The highest BCUT2D eigenvalue weighted by atomic mass is 19.4. The molecule has 0 saturated heterocycles. The van der Waals surface area contributed by atoms with Gasteiger partial charge in [-0.05, 0) is 13.3 Å². The Morgan fingerprint density at radius 2 is 0.690 bits per heavy atom. The Morgan fingerprint density at radius 3 is 0.952 bits per heavy atom. The summed E-state index contributed by atoms with van der Waals surface area (Å²) in [5.74, 6) is -95.8. The van der Waals surface area contributed by atoms with Crippen molar-refractivity contribution in [1.82, 2.24) is 0 Å². The van der Waals surface area contributed by atoms with Crippen LogP contribution in [0.25, 0.3) is 0 Å². The molecule has 0 spiro atoms. The van der Waals surface area contributed by atoms with E-state index in [1.165, 1.54) is 0 Å². The van der Waals surface area contributed by atoms with Crippen LogP contribution in [-0.4, -0.2) is 84.8 Å². The van der Waals surface area contributed by atoms with Gasteiger partial charge in [-0.2, -0.15) is 96.6 Å². The van der Waals surface area contributed by atoms with Crippen LogP contribution in [0.15, 0.2) is 0 Å². The number of hydrogen-bond donors (Lipinski definition) is 0. The van der Waals surface area contributed by atoms with E-state index in [1.54, 1.807) is 0 Å². The summed E-state index contributed by atoms with van der Waals surface area (Å²) in [5.41, 5.74) is 0. The number of alkyl halides is 24. The zero-order chi connectivity index (χ0) is 34.6. The van der Waals surface area contributed by atoms with Crippen LogP contribution in [0.1, 0.15) is 19.8 Å². The minimum atomic E-state index is -9.45. The summed E-state index contributed by atoms with van der Waals surface area (Å²) in [5, 5.41) is 0. The quantitative estimate of drug-likeness (QED) is 0.116. The Balaban J connectivity index is 7.06. The molecule has 0 bridgehead atoms. The largest absolute Gasteiger partial charge is 0.385 e. The second kappa shape index (κ2) is 11.0. The first-order valence-corrected chi connectivity index (χ1v) is 10.0. The molecule has 0 aromatic carbocycles. The van der Waals surface area contributed by atoms with Crippen molar-refractivity contribution in [2.75, 3.05) is 13.2 Å². The van der Waals surface area contributed by atoms with Crippen LogP contribution in [0.3, 0.4) is 0 Å². The molecular weight excluding hydrogens is 676 g/mol. The van der Waals surface area contributed by atoms with Gasteiger partial charge in [0.25, 0.3) is 0 Å². The van der Waals surface area contributed by atoms with Crippen LogP contribution in [0.4, 0.5) is 105 Å². The fourth-order valence-electron chi connectivity index (χ4n) is 2.65. The lowest BCUT2D eigenvalue weighted by molar-refractivity contribution is -0.476. The summed E-state index contributed by atoms with van der Waals surface area (Å²) < 4.78 is 325. The number of rotatable bonds is 16. The maximum Gasteiger partial charge on any atom is 0.385 e. The van der Waals surface area contributed by atoms with E-state index in [0.717, 1.165) is 6.92 Å². The standard InChI is InChI=1S/C17H12F24O/c1-2-42-5-3-4-7(20,21)9(24,25)11(28,29)13(32,33)15(36,37)17(40,41)16(38,39)14(34,35)12(30,31)10(26,27)8(22,23)6(18)19/h6H,2-5H2,1H3. The average Bonchev–Trinajstić information content (AvgIpc) is 2.80. The molecule has 0 amide bonds. The summed E-state index contributed by atoms with van der Waals surface area (Å²) in [4.78, 5) is 0. The minimum Gasteiger partial charge on any atom is -0.382 e. The highest BCUT2D eigenvalue weighted by molar-refractivity contribution is 5.19. The number of halogens is 24. The Labute approximate surface area is 216 Å². The van der Waals surface area contributed by atoms with Crippen LogP contribution in [0.2, 0.25) is 0 Å². The lowest BCUT2D eigenvalue weighted by Crippen LogP contribution is -2.78. The average molecular weight is 688 g/mol. The smallest absolute Gasteiger partial charge is 0.382 e. The van der Waals surface area contributed by atoms with Crippen molar-refractivity contribution in [3.8, 4) is 0 Å². The predicted octanol–water partition coefficient (Wildman–Crippen LogP) is 9.06. The molecule has 0 fully saturated rings. The van der Waals surface area contributed by atoms with E-state index in [4.69, 9.17) is 0 Å². The molecule has 0 aromatic heterocycles. The molecule has 0 rings (SSSR count). The van der Waals surface area contributed by atoms with E-state index in [1.807, 2.05) is 0 Å². The van der Waals surface area contributed by atoms with Crippen LogP contribution in [-0.2, 0) is 4.74 Å². The van der Waals surface area contributed by atoms with Crippen molar-refractivity contribution in [2.24, 2.45) is 0 Å². The van der Waals surface area contributed by atoms with Gasteiger partial charge in [0.1, 0.15) is 0 Å². The van der Waals surface area contributed by atoms with Crippen molar-refractivity contribution >= 4 is 0 Å². The van der Waals surface area contributed by atoms with Gasteiger partial charge in [0.15, 0.2) is 0 Å². The van der Waals surface area contributed by atoms with E-state index in [9.17, 15) is 105 Å². The second-order valence-corrected chi connectivity index (χ2v) is 8.10. The van der Waals surface area contributed by atoms with Crippen molar-refractivity contribution in [1.29, 1.82) is 0 Å². The monoisotopic (exact) mass is 688 g/mol. The first kappa shape index (κ1) is 40.3. The Kier molecular flexibility index (Phi) is 10.6. The molecule has 0 aromatic rings. The summed E-state index contributed by atoms with van der Waals surface area (Å²) in [7, 11) is 0. The molecule has 25 heteroatoms. The SMILES string of the molecule is CCOCCCC(F)(F)C(F)(F)C(F)(F)C(F)(F)C(F)(F)C(F)(F)C(F)(F)C(F)(F)C(F)(F)C(F)(F)C(F)(F)C(F)F. The molecule has 0 aliphatic carbocycles. The third-order valence-electron chi connectivity index (χ3n) is 5.29. The van der Waals surface area contributed by atoms with Gasteiger partial charge in [0.05, 0.1) is 0 Å². The third-order valence-corrected chi connectivity index (χ3v) is 5.29. The minimum absolute atomic E-state index is 0.388. The van der Waals surface area contributed by atoms with Gasteiger partial charge in [-0.3, -0.25) is 0 Å². The normalized spacial score (nSPS) is 16.4. The highest BCUT2D eigenvalue weighted by Crippen LogP contribution is 2.67. The van der Waals surface area contributed by atoms with Gasteiger partial charge in [-0.25, -0.2) is 8.78 Å². The summed E-state index contributed by atoms with van der Waals surface area (Å²) >= 11 is 0. The van der Waals surface area contributed by atoms with Gasteiger partial charge < -0.3 is 4.74 Å². The summed E-state index contributed by atoms with van der Waals surface area (Å²) in [6, 6.07) is 0. The molecule has 0 heterocycles. The van der Waals surface area contributed by atoms with Gasteiger partial charge in [0, 0.05) is 19.6 Å². The molecule has 1 nitrogen and oxygen atoms in total. The van der Waals surface area contributed by atoms with Gasteiger partial charge in [-0.15, -0.1) is 0 Å². The van der Waals surface area contributed by atoms with Crippen molar-refractivity contribution in [3.63, 3.8) is 0 Å². The van der Waals surface area contributed by atoms with Gasteiger partial charge >= 0.3 is 71.6 Å². The van der Waals surface area contributed by atoms with Crippen LogP contribution in [0, 0.1) is 0 Å². The molecule has 0 aliphatic rings. The lowest BCUT2D eigenvalue weighted by atomic mass is 9.84. The molecule has 42 heavy (non-hydrogen) atoms. The highest BCUT2D eigenvalue weighted by Gasteiger charge is 2.98. The predicted molar refractivity (Wildman–Crippen MR) is 86.1 cm³/mol. The maximum absolute atomic E-state index is 13.7. The van der Waals surface area contributed by atoms with Gasteiger partial charge in [-0.1, -0.05) is 0 Å². The van der Waals surface area contributed by atoms with Gasteiger partial charge in [0.2, 0.25) is 0 Å². The van der Waals surface area contributed by atoms with Crippen molar-refractivity contribution in [2.45, 2.75) is 91.3 Å². The van der Waals surface area contributed by atoms with E-state index >= 15 is 0 Å². The summed E-state index contributed by atoms with van der Waals surface area (Å²) in [6.45, 7) is -0.339. The Bertz CT molecular complexity index is 920.